The molecule has 148 valence electrons. The zero-order valence-corrected chi connectivity index (χ0v) is 16.2. The van der Waals surface area contributed by atoms with E-state index in [-0.39, 0.29) is 17.5 Å². The van der Waals surface area contributed by atoms with Gasteiger partial charge in [0, 0.05) is 42.3 Å². The average Bonchev–Trinajstić information content (AvgIpc) is 2.72. The lowest BCUT2D eigenvalue weighted by atomic mass is 10.2. The molecule has 1 aromatic heterocycles. The first kappa shape index (κ1) is 19.9. The van der Waals surface area contributed by atoms with E-state index in [1.54, 1.807) is 49.7 Å². The van der Waals surface area contributed by atoms with Crippen molar-refractivity contribution in [2.24, 2.45) is 0 Å². The highest BCUT2D eigenvalue weighted by molar-refractivity contribution is 6.03. The summed E-state index contributed by atoms with van der Waals surface area (Å²) in [4.78, 5) is 27.9. The number of pyridine rings is 1. The van der Waals surface area contributed by atoms with E-state index in [4.69, 9.17) is 4.74 Å². The first-order valence-corrected chi connectivity index (χ1v) is 9.06. The summed E-state index contributed by atoms with van der Waals surface area (Å²) < 4.78 is 5.35. The number of nitrogens with one attached hydrogen (secondary N) is 3. The highest BCUT2D eigenvalue weighted by atomic mass is 16.5. The van der Waals surface area contributed by atoms with Gasteiger partial charge in [-0.15, -0.1) is 0 Å². The average molecular weight is 390 g/mol. The van der Waals surface area contributed by atoms with E-state index in [1.165, 1.54) is 6.92 Å². The van der Waals surface area contributed by atoms with Crippen molar-refractivity contribution in [3.8, 4) is 5.75 Å². The lowest BCUT2D eigenvalue weighted by Gasteiger charge is -2.11. The molecule has 29 heavy (non-hydrogen) atoms. The number of ether oxygens (including phenoxy) is 1. The fraction of sp³-hybridized carbons (Fsp3) is 0.136. The van der Waals surface area contributed by atoms with E-state index in [1.807, 2.05) is 24.3 Å². The molecule has 3 aromatic rings. The smallest absolute Gasteiger partial charge is 0.274 e. The van der Waals surface area contributed by atoms with Gasteiger partial charge in [0.05, 0.1) is 7.11 Å². The fourth-order valence-corrected chi connectivity index (χ4v) is 2.78. The molecule has 0 spiro atoms. The summed E-state index contributed by atoms with van der Waals surface area (Å²) >= 11 is 0. The topological polar surface area (TPSA) is 92.3 Å². The van der Waals surface area contributed by atoms with Gasteiger partial charge in [-0.1, -0.05) is 24.3 Å². The second kappa shape index (κ2) is 9.36. The van der Waals surface area contributed by atoms with Gasteiger partial charge in [-0.25, -0.2) is 0 Å². The third-order valence-electron chi connectivity index (χ3n) is 4.11. The number of amides is 2. The summed E-state index contributed by atoms with van der Waals surface area (Å²) in [6, 6.07) is 18.1. The van der Waals surface area contributed by atoms with Gasteiger partial charge in [0.25, 0.3) is 5.91 Å². The van der Waals surface area contributed by atoms with Crippen LogP contribution in [0, 0.1) is 0 Å². The van der Waals surface area contributed by atoms with E-state index in [2.05, 4.69) is 20.9 Å². The molecule has 0 atom stereocenters. The van der Waals surface area contributed by atoms with Crippen LogP contribution in [0.15, 0.2) is 66.9 Å². The van der Waals surface area contributed by atoms with Gasteiger partial charge in [-0.3, -0.25) is 14.6 Å². The lowest BCUT2D eigenvalue weighted by molar-refractivity contribution is -0.114. The van der Waals surface area contributed by atoms with Crippen LogP contribution in [0.4, 0.5) is 17.1 Å². The number of carbonyl (C=O) groups excluding carboxylic acids is 2. The van der Waals surface area contributed by atoms with Crippen molar-refractivity contribution >= 4 is 28.9 Å². The molecule has 0 aliphatic carbocycles. The van der Waals surface area contributed by atoms with Crippen LogP contribution in [0.5, 0.6) is 5.75 Å². The highest BCUT2D eigenvalue weighted by Gasteiger charge is 2.10. The van der Waals surface area contributed by atoms with Gasteiger partial charge < -0.3 is 20.7 Å². The van der Waals surface area contributed by atoms with E-state index < -0.39 is 0 Å². The summed E-state index contributed by atoms with van der Waals surface area (Å²) in [6.07, 6.45) is 1.58. The van der Waals surface area contributed by atoms with Gasteiger partial charge in [0.1, 0.15) is 11.4 Å². The Morgan fingerprint density at radius 3 is 2.45 bits per heavy atom. The molecule has 0 fully saturated rings. The number of carbonyl (C=O) groups is 2. The van der Waals surface area contributed by atoms with Gasteiger partial charge in [-0.2, -0.15) is 0 Å². The van der Waals surface area contributed by atoms with Crippen molar-refractivity contribution in [1.82, 2.24) is 4.98 Å². The third kappa shape index (κ3) is 5.55. The number of methoxy groups -OCH3 is 1. The molecule has 7 heteroatoms. The van der Waals surface area contributed by atoms with Crippen LogP contribution in [-0.4, -0.2) is 23.9 Å². The molecule has 3 N–H and O–H groups in total. The molecule has 2 aromatic carbocycles. The standard InChI is InChI=1S/C22H22N4O3/c1-15(27)25-18-7-5-8-19(12-18)26-22(28)20-13-17(10-11-23-20)24-14-16-6-3-4-9-21(16)29-2/h3-13H,14H2,1-2H3,(H,23,24)(H,25,27)(H,26,28). The lowest BCUT2D eigenvalue weighted by Crippen LogP contribution is -2.14. The van der Waals surface area contributed by atoms with Crippen LogP contribution in [-0.2, 0) is 11.3 Å². The maximum absolute atomic E-state index is 12.6. The Morgan fingerprint density at radius 1 is 0.931 bits per heavy atom. The number of hydrogen-bond donors (Lipinski definition) is 3. The van der Waals surface area contributed by atoms with Gasteiger partial charge >= 0.3 is 0 Å². The summed E-state index contributed by atoms with van der Waals surface area (Å²) in [5.41, 5.74) is 3.22. The molecule has 0 unspecified atom stereocenters. The first-order chi connectivity index (χ1) is 14.0. The molecule has 0 radical (unpaired) electrons. The van der Waals surface area contributed by atoms with Crippen molar-refractivity contribution in [3.63, 3.8) is 0 Å². The molecule has 0 bridgehead atoms. The van der Waals surface area contributed by atoms with Gasteiger partial charge in [0.15, 0.2) is 0 Å². The Labute approximate surface area is 169 Å². The number of aromatic nitrogens is 1. The minimum atomic E-state index is -0.342. The minimum Gasteiger partial charge on any atom is -0.496 e. The Kier molecular flexibility index (Phi) is 6.42. The molecule has 0 aliphatic heterocycles. The van der Waals surface area contributed by atoms with Crippen molar-refractivity contribution in [1.29, 1.82) is 0 Å². The summed E-state index contributed by atoms with van der Waals surface area (Å²) in [5, 5.41) is 8.75. The van der Waals surface area contributed by atoms with E-state index in [0.717, 1.165) is 17.0 Å². The Bertz CT molecular complexity index is 1020. The summed E-state index contributed by atoms with van der Waals surface area (Å²) in [6.45, 7) is 1.98. The zero-order chi connectivity index (χ0) is 20.6. The monoisotopic (exact) mass is 390 g/mol. The van der Waals surface area contributed by atoms with Crippen LogP contribution in [0.1, 0.15) is 23.0 Å². The second-order valence-corrected chi connectivity index (χ2v) is 6.31. The second-order valence-electron chi connectivity index (χ2n) is 6.31. The number of nitrogens with zero attached hydrogens (tertiary/aromatic N) is 1. The Hall–Kier alpha value is -3.87. The van der Waals surface area contributed by atoms with Gasteiger partial charge in [0.2, 0.25) is 5.91 Å². The van der Waals surface area contributed by atoms with E-state index in [0.29, 0.717) is 17.9 Å². The molecule has 3 rings (SSSR count). The molecular formula is C22H22N4O3. The minimum absolute atomic E-state index is 0.177. The van der Waals surface area contributed by atoms with Crippen LogP contribution in [0.25, 0.3) is 0 Å². The van der Waals surface area contributed by atoms with Crippen molar-refractivity contribution < 1.29 is 14.3 Å². The quantitative estimate of drug-likeness (QED) is 0.569. The largest absolute Gasteiger partial charge is 0.496 e. The number of benzene rings is 2. The van der Waals surface area contributed by atoms with Crippen molar-refractivity contribution in [2.45, 2.75) is 13.5 Å². The molecule has 7 nitrogen and oxygen atoms in total. The highest BCUT2D eigenvalue weighted by Crippen LogP contribution is 2.20. The number of anilines is 3. The maximum Gasteiger partial charge on any atom is 0.274 e. The normalized spacial score (nSPS) is 10.1. The third-order valence-corrected chi connectivity index (χ3v) is 4.11. The predicted molar refractivity (Wildman–Crippen MR) is 113 cm³/mol. The predicted octanol–water partition coefficient (Wildman–Crippen LogP) is 3.91. The molecule has 2 amide bonds. The number of para-hydroxylation sites is 1. The molecule has 1 heterocycles. The summed E-state index contributed by atoms with van der Waals surface area (Å²) in [5.74, 6) is 0.279. The van der Waals surface area contributed by atoms with Gasteiger partial charge in [-0.05, 0) is 36.4 Å². The van der Waals surface area contributed by atoms with Crippen LogP contribution in [0.3, 0.4) is 0 Å². The van der Waals surface area contributed by atoms with Crippen LogP contribution < -0.4 is 20.7 Å². The number of rotatable bonds is 7. The van der Waals surface area contributed by atoms with E-state index in [9.17, 15) is 9.59 Å². The number of hydrogen-bond acceptors (Lipinski definition) is 5. The van der Waals surface area contributed by atoms with E-state index >= 15 is 0 Å². The Balaban J connectivity index is 1.67. The molecular weight excluding hydrogens is 368 g/mol. The first-order valence-electron chi connectivity index (χ1n) is 9.06. The summed E-state index contributed by atoms with van der Waals surface area (Å²) in [7, 11) is 1.63. The SMILES string of the molecule is COc1ccccc1CNc1ccnc(C(=O)Nc2cccc(NC(C)=O)c2)c1. The van der Waals surface area contributed by atoms with Crippen LogP contribution in [0.2, 0.25) is 0 Å². The van der Waals surface area contributed by atoms with Crippen molar-refractivity contribution in [2.75, 3.05) is 23.1 Å². The molecule has 0 saturated carbocycles. The Morgan fingerprint density at radius 2 is 1.69 bits per heavy atom. The fourth-order valence-electron chi connectivity index (χ4n) is 2.78. The molecule has 0 saturated heterocycles. The van der Waals surface area contributed by atoms with Crippen molar-refractivity contribution in [3.05, 3.63) is 78.1 Å². The maximum atomic E-state index is 12.6. The molecule has 0 aliphatic rings. The van der Waals surface area contributed by atoms with Crippen LogP contribution >= 0.6 is 0 Å². The zero-order valence-electron chi connectivity index (χ0n) is 16.2.